The number of rotatable bonds is 7. The Labute approximate surface area is 98.1 Å². The molecule has 0 unspecified atom stereocenters. The Bertz CT molecular complexity index is 325. The van der Waals surface area contributed by atoms with E-state index in [1.165, 1.54) is 5.56 Å². The van der Waals surface area contributed by atoms with Crippen molar-refractivity contribution in [3.8, 4) is 0 Å². The summed E-state index contributed by atoms with van der Waals surface area (Å²) in [7, 11) is 0. The molecule has 1 aromatic rings. The van der Waals surface area contributed by atoms with Crippen molar-refractivity contribution >= 4 is 0 Å². The highest BCUT2D eigenvalue weighted by atomic mass is 16.2. The van der Waals surface area contributed by atoms with E-state index in [0.29, 0.717) is 0 Å². The van der Waals surface area contributed by atoms with Crippen molar-refractivity contribution in [1.29, 1.82) is 0 Å². The summed E-state index contributed by atoms with van der Waals surface area (Å²) < 4.78 is 0. The molecule has 0 spiro atoms. The van der Waals surface area contributed by atoms with Crippen LogP contribution >= 0.6 is 0 Å². The van der Waals surface area contributed by atoms with E-state index in [2.05, 4.69) is 43.0 Å². The number of allylic oxidation sites excluding steroid dienone is 3. The quantitative estimate of drug-likeness (QED) is 0.546. The molecule has 0 atom stereocenters. The number of aliphatic hydroxyl groups is 1. The molecule has 0 bridgehead atoms. The van der Waals surface area contributed by atoms with Gasteiger partial charge >= 0.3 is 0 Å². The van der Waals surface area contributed by atoms with E-state index in [1.54, 1.807) is 0 Å². The van der Waals surface area contributed by atoms with Crippen LogP contribution in [0.4, 0.5) is 0 Å². The monoisotopic (exact) mass is 216 g/mol. The fourth-order valence-corrected chi connectivity index (χ4v) is 1.49. The second-order valence-electron chi connectivity index (χ2n) is 3.91. The minimum Gasteiger partial charge on any atom is -0.396 e. The summed E-state index contributed by atoms with van der Waals surface area (Å²) in [5, 5.41) is 8.63. The van der Waals surface area contributed by atoms with E-state index in [1.807, 2.05) is 6.07 Å². The first-order valence-electron chi connectivity index (χ1n) is 5.82. The average molecular weight is 216 g/mol. The fourth-order valence-electron chi connectivity index (χ4n) is 1.49. The predicted octanol–water partition coefficient (Wildman–Crippen LogP) is 3.50. The molecule has 0 aliphatic rings. The van der Waals surface area contributed by atoms with Gasteiger partial charge in [-0.15, -0.1) is 0 Å². The first-order valence-corrected chi connectivity index (χ1v) is 5.82. The Morgan fingerprint density at radius 2 is 2.00 bits per heavy atom. The van der Waals surface area contributed by atoms with Crippen molar-refractivity contribution in [1.82, 2.24) is 0 Å². The highest BCUT2D eigenvalue weighted by molar-refractivity contribution is 5.20. The van der Waals surface area contributed by atoms with Gasteiger partial charge in [0.05, 0.1) is 0 Å². The molecule has 1 heteroatoms. The minimum absolute atomic E-state index is 0.265. The van der Waals surface area contributed by atoms with Crippen LogP contribution < -0.4 is 0 Å². The first kappa shape index (κ1) is 12.7. The summed E-state index contributed by atoms with van der Waals surface area (Å²) in [6, 6.07) is 10.4. The third-order valence-corrected chi connectivity index (χ3v) is 2.46. The number of hydrogen-bond donors (Lipinski definition) is 1. The van der Waals surface area contributed by atoms with Gasteiger partial charge in [-0.25, -0.2) is 0 Å². The Balaban J connectivity index is 2.23. The SMILES string of the molecule is C=C(/C=C/CCCO)CCc1ccccc1. The van der Waals surface area contributed by atoms with Gasteiger partial charge < -0.3 is 5.11 Å². The number of hydrogen-bond acceptors (Lipinski definition) is 1. The van der Waals surface area contributed by atoms with Crippen LogP contribution in [0.25, 0.3) is 0 Å². The van der Waals surface area contributed by atoms with Gasteiger partial charge in [-0.1, -0.05) is 54.6 Å². The largest absolute Gasteiger partial charge is 0.396 e. The molecule has 0 aromatic heterocycles. The van der Waals surface area contributed by atoms with E-state index >= 15 is 0 Å². The van der Waals surface area contributed by atoms with Crippen LogP contribution in [0, 0.1) is 0 Å². The van der Waals surface area contributed by atoms with Crippen molar-refractivity contribution in [2.24, 2.45) is 0 Å². The Morgan fingerprint density at radius 3 is 2.69 bits per heavy atom. The maximum Gasteiger partial charge on any atom is 0.0433 e. The molecule has 1 nitrogen and oxygen atoms in total. The van der Waals surface area contributed by atoms with E-state index in [4.69, 9.17) is 5.11 Å². The lowest BCUT2D eigenvalue weighted by molar-refractivity contribution is 0.289. The van der Waals surface area contributed by atoms with Crippen LogP contribution in [-0.4, -0.2) is 11.7 Å². The van der Waals surface area contributed by atoms with Crippen molar-refractivity contribution < 1.29 is 5.11 Å². The van der Waals surface area contributed by atoms with Crippen LogP contribution in [0.5, 0.6) is 0 Å². The molecule has 0 amide bonds. The molecule has 86 valence electrons. The van der Waals surface area contributed by atoms with Gasteiger partial charge in [0, 0.05) is 6.61 Å². The fraction of sp³-hybridized carbons (Fsp3) is 0.333. The molecule has 0 saturated heterocycles. The number of aryl methyl sites for hydroxylation is 1. The van der Waals surface area contributed by atoms with Crippen molar-refractivity contribution in [3.05, 3.63) is 60.2 Å². The standard InChI is InChI=1S/C15H20O/c1-14(8-4-3-7-13-16)11-12-15-9-5-2-6-10-15/h2,4-6,8-10,16H,1,3,7,11-13H2/b8-4+. The second-order valence-corrected chi connectivity index (χ2v) is 3.91. The molecule has 0 aliphatic carbocycles. The van der Waals surface area contributed by atoms with Gasteiger partial charge in [-0.3, -0.25) is 0 Å². The third-order valence-electron chi connectivity index (χ3n) is 2.46. The van der Waals surface area contributed by atoms with Crippen LogP contribution in [0.1, 0.15) is 24.8 Å². The Hall–Kier alpha value is -1.34. The Morgan fingerprint density at radius 1 is 1.25 bits per heavy atom. The maximum absolute atomic E-state index is 8.63. The molecule has 1 aromatic carbocycles. The zero-order chi connectivity index (χ0) is 11.6. The number of aliphatic hydroxyl groups excluding tert-OH is 1. The van der Waals surface area contributed by atoms with Crippen molar-refractivity contribution in [3.63, 3.8) is 0 Å². The zero-order valence-corrected chi connectivity index (χ0v) is 9.73. The molecular weight excluding hydrogens is 196 g/mol. The molecule has 1 N–H and O–H groups in total. The lowest BCUT2D eigenvalue weighted by Crippen LogP contribution is -1.86. The summed E-state index contributed by atoms with van der Waals surface area (Å²) in [6.07, 6.45) is 7.97. The average Bonchev–Trinajstić information content (AvgIpc) is 2.33. The molecule has 0 aliphatic heterocycles. The minimum atomic E-state index is 0.265. The van der Waals surface area contributed by atoms with Crippen LogP contribution in [0.3, 0.4) is 0 Å². The molecule has 0 heterocycles. The van der Waals surface area contributed by atoms with Gasteiger partial charge in [0.1, 0.15) is 0 Å². The van der Waals surface area contributed by atoms with Crippen molar-refractivity contribution in [2.75, 3.05) is 6.61 Å². The highest BCUT2D eigenvalue weighted by Gasteiger charge is 1.93. The predicted molar refractivity (Wildman–Crippen MR) is 69.4 cm³/mol. The topological polar surface area (TPSA) is 20.2 Å². The van der Waals surface area contributed by atoms with Crippen LogP contribution in [0.15, 0.2) is 54.6 Å². The molecule has 16 heavy (non-hydrogen) atoms. The van der Waals surface area contributed by atoms with E-state index in [-0.39, 0.29) is 6.61 Å². The smallest absolute Gasteiger partial charge is 0.0433 e. The van der Waals surface area contributed by atoms with Gasteiger partial charge in [-0.05, 0) is 31.2 Å². The summed E-state index contributed by atoms with van der Waals surface area (Å²) in [5.41, 5.74) is 2.51. The second kappa shape index (κ2) is 7.89. The summed E-state index contributed by atoms with van der Waals surface area (Å²) in [6.45, 7) is 4.28. The number of benzene rings is 1. The van der Waals surface area contributed by atoms with Gasteiger partial charge in [-0.2, -0.15) is 0 Å². The molecular formula is C15H20O. The maximum atomic E-state index is 8.63. The molecule has 0 radical (unpaired) electrons. The Kier molecular flexibility index (Phi) is 6.28. The van der Waals surface area contributed by atoms with E-state index < -0.39 is 0 Å². The first-order chi connectivity index (χ1) is 7.83. The number of unbranched alkanes of at least 4 members (excludes halogenated alkanes) is 1. The summed E-state index contributed by atoms with van der Waals surface area (Å²) in [5.74, 6) is 0. The van der Waals surface area contributed by atoms with E-state index in [9.17, 15) is 0 Å². The normalized spacial score (nSPS) is 10.8. The van der Waals surface area contributed by atoms with Gasteiger partial charge in [0.15, 0.2) is 0 Å². The molecule has 0 fully saturated rings. The van der Waals surface area contributed by atoms with E-state index in [0.717, 1.165) is 31.3 Å². The summed E-state index contributed by atoms with van der Waals surface area (Å²) >= 11 is 0. The van der Waals surface area contributed by atoms with Gasteiger partial charge in [0.25, 0.3) is 0 Å². The third kappa shape index (κ3) is 5.52. The van der Waals surface area contributed by atoms with Crippen molar-refractivity contribution in [2.45, 2.75) is 25.7 Å². The lowest BCUT2D eigenvalue weighted by atomic mass is 10.1. The molecule has 1 rings (SSSR count). The van der Waals surface area contributed by atoms with Gasteiger partial charge in [0.2, 0.25) is 0 Å². The van der Waals surface area contributed by atoms with Crippen LogP contribution in [0.2, 0.25) is 0 Å². The molecule has 0 saturated carbocycles. The highest BCUT2D eigenvalue weighted by Crippen LogP contribution is 2.09. The van der Waals surface area contributed by atoms with Crippen LogP contribution in [-0.2, 0) is 6.42 Å². The zero-order valence-electron chi connectivity index (χ0n) is 9.73. The lowest BCUT2D eigenvalue weighted by Gasteiger charge is -2.01. The summed E-state index contributed by atoms with van der Waals surface area (Å²) in [4.78, 5) is 0.